The molecule has 2 rings (SSSR count). The molecule has 0 radical (unpaired) electrons. The van der Waals surface area contributed by atoms with Gasteiger partial charge in [-0.25, -0.2) is 4.79 Å². The number of ether oxygens (including phenoxy) is 1. The smallest absolute Gasteiger partial charge is 0.410 e. The fraction of sp³-hybridized carbons (Fsp3) is 0.611. The summed E-state index contributed by atoms with van der Waals surface area (Å²) in [4.78, 5) is 13.8. The predicted molar refractivity (Wildman–Crippen MR) is 89.1 cm³/mol. The third-order valence-corrected chi connectivity index (χ3v) is 3.92. The highest BCUT2D eigenvalue weighted by Crippen LogP contribution is 2.17. The summed E-state index contributed by atoms with van der Waals surface area (Å²) in [6.45, 7) is 10.4. The van der Waals surface area contributed by atoms with Crippen LogP contribution in [0.25, 0.3) is 0 Å². The molecule has 1 saturated heterocycles. The minimum absolute atomic E-state index is 0.201. The van der Waals surface area contributed by atoms with Crippen molar-refractivity contribution < 1.29 is 9.53 Å². The van der Waals surface area contributed by atoms with Crippen molar-refractivity contribution in [3.63, 3.8) is 0 Å². The van der Waals surface area contributed by atoms with Gasteiger partial charge in [0.05, 0.1) is 0 Å². The van der Waals surface area contributed by atoms with Gasteiger partial charge in [-0.2, -0.15) is 0 Å². The number of hydrogen-bond acceptors (Lipinski definition) is 3. The molecule has 0 bridgehead atoms. The van der Waals surface area contributed by atoms with E-state index in [1.54, 1.807) is 4.90 Å². The largest absolute Gasteiger partial charge is 0.444 e. The van der Waals surface area contributed by atoms with E-state index in [2.05, 4.69) is 36.5 Å². The van der Waals surface area contributed by atoms with Crippen LogP contribution in [0.3, 0.4) is 0 Å². The van der Waals surface area contributed by atoms with Crippen molar-refractivity contribution in [1.29, 1.82) is 0 Å². The van der Waals surface area contributed by atoms with E-state index in [9.17, 15) is 4.79 Å². The standard InChI is InChI=1S/C18H28N2O2/c1-14(15-8-6-5-7-9-15)12-19-16-10-11-20(13-16)17(21)22-18(2,3)4/h5-9,14,16,19H,10-13H2,1-4H3. The highest BCUT2D eigenvalue weighted by molar-refractivity contribution is 5.68. The average molecular weight is 304 g/mol. The van der Waals surface area contributed by atoms with Crippen LogP contribution < -0.4 is 5.32 Å². The number of benzene rings is 1. The van der Waals surface area contributed by atoms with Gasteiger partial charge >= 0.3 is 6.09 Å². The number of likely N-dealkylation sites (tertiary alicyclic amines) is 1. The van der Waals surface area contributed by atoms with Gasteiger partial charge in [-0.15, -0.1) is 0 Å². The Balaban J connectivity index is 1.76. The molecule has 22 heavy (non-hydrogen) atoms. The summed E-state index contributed by atoms with van der Waals surface area (Å²) < 4.78 is 5.42. The van der Waals surface area contributed by atoms with Crippen molar-refractivity contribution in [2.75, 3.05) is 19.6 Å². The van der Waals surface area contributed by atoms with E-state index in [0.717, 1.165) is 26.1 Å². The zero-order valence-corrected chi connectivity index (χ0v) is 14.1. The molecular weight excluding hydrogens is 276 g/mol. The fourth-order valence-corrected chi connectivity index (χ4v) is 2.66. The highest BCUT2D eigenvalue weighted by atomic mass is 16.6. The predicted octanol–water partition coefficient (Wildman–Crippen LogP) is 3.39. The molecule has 0 spiro atoms. The Bertz CT molecular complexity index is 482. The molecule has 4 nitrogen and oxygen atoms in total. The van der Waals surface area contributed by atoms with Crippen molar-refractivity contribution >= 4 is 6.09 Å². The Labute approximate surface area is 133 Å². The van der Waals surface area contributed by atoms with E-state index in [1.807, 2.05) is 26.8 Å². The summed E-state index contributed by atoms with van der Waals surface area (Å²) >= 11 is 0. The van der Waals surface area contributed by atoms with E-state index in [0.29, 0.717) is 12.0 Å². The molecule has 1 aliphatic rings. The quantitative estimate of drug-likeness (QED) is 0.927. The van der Waals surface area contributed by atoms with E-state index in [4.69, 9.17) is 4.74 Å². The average Bonchev–Trinajstić information content (AvgIpc) is 2.93. The number of nitrogens with zero attached hydrogens (tertiary/aromatic N) is 1. The number of carbonyl (C=O) groups excluding carboxylic acids is 1. The third-order valence-electron chi connectivity index (χ3n) is 3.92. The van der Waals surface area contributed by atoms with E-state index < -0.39 is 5.60 Å². The second-order valence-corrected chi connectivity index (χ2v) is 7.13. The second-order valence-electron chi connectivity index (χ2n) is 7.13. The Kier molecular flexibility index (Phi) is 5.46. The van der Waals surface area contributed by atoms with Crippen LogP contribution >= 0.6 is 0 Å². The summed E-state index contributed by atoms with van der Waals surface area (Å²) in [5, 5.41) is 3.58. The zero-order valence-electron chi connectivity index (χ0n) is 14.1. The van der Waals surface area contributed by atoms with Gasteiger partial charge in [0.25, 0.3) is 0 Å². The Hall–Kier alpha value is -1.55. The lowest BCUT2D eigenvalue weighted by Gasteiger charge is -2.24. The molecule has 0 aromatic heterocycles. The monoisotopic (exact) mass is 304 g/mol. The molecule has 1 amide bonds. The van der Waals surface area contributed by atoms with Gasteiger partial charge in [0.1, 0.15) is 5.60 Å². The van der Waals surface area contributed by atoms with Gasteiger partial charge in [0.2, 0.25) is 0 Å². The second kappa shape index (κ2) is 7.14. The first-order valence-electron chi connectivity index (χ1n) is 8.11. The summed E-state index contributed by atoms with van der Waals surface area (Å²) in [6.07, 6.45) is 0.786. The van der Waals surface area contributed by atoms with Crippen LogP contribution in [-0.4, -0.2) is 42.3 Å². The summed E-state index contributed by atoms with van der Waals surface area (Å²) in [5.41, 5.74) is 0.918. The van der Waals surface area contributed by atoms with Gasteiger partial charge in [0, 0.05) is 25.7 Å². The van der Waals surface area contributed by atoms with Crippen LogP contribution in [-0.2, 0) is 4.74 Å². The third kappa shape index (κ3) is 5.02. The SMILES string of the molecule is CC(CNC1CCN(C(=O)OC(C)(C)C)C1)c1ccccc1. The summed E-state index contributed by atoms with van der Waals surface area (Å²) in [7, 11) is 0. The Morgan fingerprint density at radius 2 is 2.05 bits per heavy atom. The lowest BCUT2D eigenvalue weighted by molar-refractivity contribution is 0.0291. The number of hydrogen-bond donors (Lipinski definition) is 1. The molecule has 1 N–H and O–H groups in total. The van der Waals surface area contributed by atoms with Crippen LogP contribution in [0, 0.1) is 0 Å². The topological polar surface area (TPSA) is 41.6 Å². The Morgan fingerprint density at radius 3 is 2.68 bits per heavy atom. The highest BCUT2D eigenvalue weighted by Gasteiger charge is 2.29. The molecule has 4 heteroatoms. The number of amides is 1. The van der Waals surface area contributed by atoms with Crippen LogP contribution in [0.1, 0.15) is 45.6 Å². The number of rotatable bonds is 4. The first-order chi connectivity index (χ1) is 10.3. The maximum Gasteiger partial charge on any atom is 0.410 e. The molecule has 1 heterocycles. The van der Waals surface area contributed by atoms with Crippen LogP contribution in [0.5, 0.6) is 0 Å². The van der Waals surface area contributed by atoms with Crippen LogP contribution in [0.4, 0.5) is 4.79 Å². The van der Waals surface area contributed by atoms with Crippen molar-refractivity contribution in [2.45, 2.75) is 51.7 Å². The van der Waals surface area contributed by atoms with Gasteiger partial charge in [-0.1, -0.05) is 37.3 Å². The van der Waals surface area contributed by atoms with Crippen molar-refractivity contribution in [2.24, 2.45) is 0 Å². The fourth-order valence-electron chi connectivity index (χ4n) is 2.66. The van der Waals surface area contributed by atoms with Crippen LogP contribution in [0.15, 0.2) is 30.3 Å². The molecule has 0 aliphatic carbocycles. The summed E-state index contributed by atoms with van der Waals surface area (Å²) in [5.74, 6) is 0.469. The first kappa shape index (κ1) is 16.8. The van der Waals surface area contributed by atoms with E-state index >= 15 is 0 Å². The zero-order chi connectivity index (χ0) is 16.2. The first-order valence-corrected chi connectivity index (χ1v) is 8.11. The molecule has 122 valence electrons. The molecule has 2 atom stereocenters. The Morgan fingerprint density at radius 1 is 1.36 bits per heavy atom. The lowest BCUT2D eigenvalue weighted by atomic mass is 10.0. The molecule has 0 saturated carbocycles. The van der Waals surface area contributed by atoms with Crippen molar-refractivity contribution in [3.8, 4) is 0 Å². The lowest BCUT2D eigenvalue weighted by Crippen LogP contribution is -2.39. The molecule has 2 unspecified atom stereocenters. The number of carbonyl (C=O) groups is 1. The van der Waals surface area contributed by atoms with Gasteiger partial charge in [-0.3, -0.25) is 0 Å². The minimum Gasteiger partial charge on any atom is -0.444 e. The van der Waals surface area contributed by atoms with Gasteiger partial charge in [0.15, 0.2) is 0 Å². The molecular formula is C18H28N2O2. The normalized spacial score (nSPS) is 20.0. The molecule has 1 aliphatic heterocycles. The van der Waals surface area contributed by atoms with E-state index in [-0.39, 0.29) is 6.09 Å². The van der Waals surface area contributed by atoms with E-state index in [1.165, 1.54) is 5.56 Å². The number of nitrogens with one attached hydrogen (secondary N) is 1. The van der Waals surface area contributed by atoms with Gasteiger partial charge in [-0.05, 0) is 38.7 Å². The molecule has 1 fully saturated rings. The maximum atomic E-state index is 12.0. The minimum atomic E-state index is -0.426. The van der Waals surface area contributed by atoms with Crippen molar-refractivity contribution in [1.82, 2.24) is 10.2 Å². The van der Waals surface area contributed by atoms with Crippen LogP contribution in [0.2, 0.25) is 0 Å². The maximum absolute atomic E-state index is 12.0. The molecule has 1 aromatic rings. The van der Waals surface area contributed by atoms with Crippen molar-refractivity contribution in [3.05, 3.63) is 35.9 Å². The van der Waals surface area contributed by atoms with Gasteiger partial charge < -0.3 is 15.0 Å². The molecule has 1 aromatic carbocycles. The summed E-state index contributed by atoms with van der Waals surface area (Å²) in [6, 6.07) is 10.9.